The summed E-state index contributed by atoms with van der Waals surface area (Å²) in [4.78, 5) is 10.9. The van der Waals surface area contributed by atoms with Crippen LogP contribution in [0.3, 0.4) is 0 Å². The van der Waals surface area contributed by atoms with Crippen molar-refractivity contribution in [3.63, 3.8) is 0 Å². The lowest BCUT2D eigenvalue weighted by atomic mass is 9.74. The zero-order valence-corrected chi connectivity index (χ0v) is 10.0. The third-order valence-corrected chi connectivity index (χ3v) is 3.68. The number of aliphatic hydroxyl groups excluding tert-OH is 1. The molecule has 0 aromatic carbocycles. The molecule has 1 fully saturated rings. The Morgan fingerprint density at radius 1 is 1.38 bits per heavy atom. The number of aliphatic carboxylic acids is 1. The number of rotatable bonds is 6. The fraction of sp³-hybridized carbons (Fsp3) is 0.917. The molecule has 0 spiro atoms. The van der Waals surface area contributed by atoms with E-state index >= 15 is 0 Å². The first-order valence-corrected chi connectivity index (χ1v) is 6.20. The van der Waals surface area contributed by atoms with E-state index in [1.807, 2.05) is 6.92 Å². The van der Waals surface area contributed by atoms with Gasteiger partial charge in [0.2, 0.25) is 0 Å². The average molecular weight is 229 g/mol. The van der Waals surface area contributed by atoms with E-state index in [2.05, 4.69) is 5.32 Å². The maximum Gasteiger partial charge on any atom is 0.320 e. The molecule has 1 saturated carbocycles. The molecule has 4 nitrogen and oxygen atoms in total. The third-order valence-electron chi connectivity index (χ3n) is 3.68. The largest absolute Gasteiger partial charge is 0.480 e. The molecule has 3 N–H and O–H groups in total. The number of hydrogen-bond acceptors (Lipinski definition) is 3. The minimum Gasteiger partial charge on any atom is -0.480 e. The molecule has 0 aliphatic heterocycles. The molecule has 1 atom stereocenters. The summed E-state index contributed by atoms with van der Waals surface area (Å²) >= 11 is 0. The second kappa shape index (κ2) is 6.21. The zero-order chi connectivity index (χ0) is 12.0. The molecular formula is C12H23NO3. The summed E-state index contributed by atoms with van der Waals surface area (Å²) < 4.78 is 0. The number of carboxylic acids is 1. The predicted molar refractivity (Wildman–Crippen MR) is 62.3 cm³/mol. The molecule has 0 amide bonds. The minimum atomic E-state index is -0.800. The Labute approximate surface area is 97.0 Å². The molecular weight excluding hydrogens is 206 g/mol. The number of carboxylic acid groups (broad SMARTS) is 1. The van der Waals surface area contributed by atoms with Crippen molar-refractivity contribution < 1.29 is 15.0 Å². The molecule has 0 aromatic heterocycles. The molecule has 16 heavy (non-hydrogen) atoms. The van der Waals surface area contributed by atoms with Gasteiger partial charge in [-0.15, -0.1) is 0 Å². The molecule has 1 rings (SSSR count). The Bertz CT molecular complexity index is 224. The minimum absolute atomic E-state index is 0.0822. The predicted octanol–water partition coefficient (Wildman–Crippen LogP) is 1.38. The summed E-state index contributed by atoms with van der Waals surface area (Å²) in [6.07, 6.45) is 6.12. The Kier molecular flexibility index (Phi) is 5.22. The molecule has 0 radical (unpaired) electrons. The van der Waals surface area contributed by atoms with Gasteiger partial charge in [-0.3, -0.25) is 4.79 Å². The van der Waals surface area contributed by atoms with Gasteiger partial charge in [0.25, 0.3) is 0 Å². The van der Waals surface area contributed by atoms with Crippen LogP contribution >= 0.6 is 0 Å². The summed E-state index contributed by atoms with van der Waals surface area (Å²) in [6.45, 7) is 2.64. The highest BCUT2D eigenvalue weighted by molar-refractivity contribution is 5.73. The van der Waals surface area contributed by atoms with E-state index in [0.29, 0.717) is 13.0 Å². The van der Waals surface area contributed by atoms with Crippen LogP contribution in [0.5, 0.6) is 0 Å². The monoisotopic (exact) mass is 229 g/mol. The molecule has 0 bridgehead atoms. The highest BCUT2D eigenvalue weighted by Crippen LogP contribution is 2.35. The second-order valence-electron chi connectivity index (χ2n) is 4.90. The first kappa shape index (κ1) is 13.5. The van der Waals surface area contributed by atoms with Crippen molar-refractivity contribution in [3.8, 4) is 0 Å². The van der Waals surface area contributed by atoms with Crippen molar-refractivity contribution in [1.82, 2.24) is 5.32 Å². The number of hydrogen-bond donors (Lipinski definition) is 3. The van der Waals surface area contributed by atoms with E-state index in [0.717, 1.165) is 25.7 Å². The van der Waals surface area contributed by atoms with Gasteiger partial charge in [-0.1, -0.05) is 26.2 Å². The van der Waals surface area contributed by atoms with Crippen LogP contribution in [-0.2, 0) is 4.79 Å². The highest BCUT2D eigenvalue weighted by Gasteiger charge is 2.32. The SMILES string of the molecule is CCC(NCC1(CO)CCCCC1)C(=O)O. The number of aliphatic hydroxyl groups is 1. The Hall–Kier alpha value is -0.610. The summed E-state index contributed by atoms with van der Waals surface area (Å²) in [5.41, 5.74) is -0.0822. The Morgan fingerprint density at radius 2 is 2.00 bits per heavy atom. The van der Waals surface area contributed by atoms with Crippen LogP contribution in [0.2, 0.25) is 0 Å². The van der Waals surface area contributed by atoms with E-state index in [4.69, 9.17) is 5.11 Å². The lowest BCUT2D eigenvalue weighted by molar-refractivity contribution is -0.139. The summed E-state index contributed by atoms with van der Waals surface area (Å²) in [6, 6.07) is -0.481. The topological polar surface area (TPSA) is 69.6 Å². The van der Waals surface area contributed by atoms with Crippen LogP contribution in [0.4, 0.5) is 0 Å². The van der Waals surface area contributed by atoms with E-state index in [9.17, 15) is 9.90 Å². The molecule has 0 aromatic rings. The molecule has 1 aliphatic rings. The maximum atomic E-state index is 10.9. The van der Waals surface area contributed by atoms with Crippen LogP contribution in [-0.4, -0.2) is 35.4 Å². The molecule has 1 aliphatic carbocycles. The second-order valence-corrected chi connectivity index (χ2v) is 4.90. The van der Waals surface area contributed by atoms with E-state index in [-0.39, 0.29) is 12.0 Å². The first-order chi connectivity index (χ1) is 7.63. The van der Waals surface area contributed by atoms with E-state index < -0.39 is 12.0 Å². The Balaban J connectivity index is 2.46. The van der Waals surface area contributed by atoms with Crippen molar-refractivity contribution in [2.24, 2.45) is 5.41 Å². The van der Waals surface area contributed by atoms with Gasteiger partial charge in [0, 0.05) is 18.6 Å². The van der Waals surface area contributed by atoms with Crippen LogP contribution in [0, 0.1) is 5.41 Å². The fourth-order valence-electron chi connectivity index (χ4n) is 2.44. The Morgan fingerprint density at radius 3 is 2.44 bits per heavy atom. The van der Waals surface area contributed by atoms with Crippen LogP contribution in [0.15, 0.2) is 0 Å². The number of nitrogens with one attached hydrogen (secondary N) is 1. The molecule has 0 saturated heterocycles. The number of carbonyl (C=O) groups is 1. The van der Waals surface area contributed by atoms with Crippen LogP contribution in [0.1, 0.15) is 45.4 Å². The third kappa shape index (κ3) is 3.46. The summed E-state index contributed by atoms with van der Waals surface area (Å²) in [7, 11) is 0. The quantitative estimate of drug-likeness (QED) is 0.643. The molecule has 4 heteroatoms. The van der Waals surface area contributed by atoms with Gasteiger partial charge in [-0.2, -0.15) is 0 Å². The molecule has 94 valence electrons. The molecule has 1 unspecified atom stereocenters. The van der Waals surface area contributed by atoms with Gasteiger partial charge in [0.15, 0.2) is 0 Å². The van der Waals surface area contributed by atoms with Crippen molar-refractivity contribution >= 4 is 5.97 Å². The lowest BCUT2D eigenvalue weighted by Gasteiger charge is -2.36. The van der Waals surface area contributed by atoms with Crippen LogP contribution < -0.4 is 5.32 Å². The normalized spacial score (nSPS) is 21.6. The van der Waals surface area contributed by atoms with Crippen molar-refractivity contribution in [3.05, 3.63) is 0 Å². The van der Waals surface area contributed by atoms with Gasteiger partial charge >= 0.3 is 5.97 Å². The average Bonchev–Trinajstić information content (AvgIpc) is 2.30. The highest BCUT2D eigenvalue weighted by atomic mass is 16.4. The first-order valence-electron chi connectivity index (χ1n) is 6.20. The summed E-state index contributed by atoms with van der Waals surface area (Å²) in [5, 5.41) is 21.5. The van der Waals surface area contributed by atoms with Crippen molar-refractivity contribution in [2.75, 3.05) is 13.2 Å². The standard InChI is InChI=1S/C12H23NO3/c1-2-10(11(15)16)13-8-12(9-14)6-4-3-5-7-12/h10,13-14H,2-9H2,1H3,(H,15,16). The van der Waals surface area contributed by atoms with E-state index in [1.165, 1.54) is 6.42 Å². The van der Waals surface area contributed by atoms with Gasteiger partial charge in [-0.25, -0.2) is 0 Å². The zero-order valence-electron chi connectivity index (χ0n) is 10.0. The van der Waals surface area contributed by atoms with Crippen molar-refractivity contribution in [2.45, 2.75) is 51.5 Å². The molecule has 0 heterocycles. The van der Waals surface area contributed by atoms with Gasteiger partial charge < -0.3 is 15.5 Å². The van der Waals surface area contributed by atoms with E-state index in [1.54, 1.807) is 0 Å². The maximum absolute atomic E-state index is 10.9. The fourth-order valence-corrected chi connectivity index (χ4v) is 2.44. The summed E-state index contributed by atoms with van der Waals surface area (Å²) in [5.74, 6) is -0.800. The smallest absolute Gasteiger partial charge is 0.320 e. The lowest BCUT2D eigenvalue weighted by Crippen LogP contribution is -2.45. The van der Waals surface area contributed by atoms with Gasteiger partial charge in [0.05, 0.1) is 0 Å². The van der Waals surface area contributed by atoms with Gasteiger partial charge in [-0.05, 0) is 19.3 Å². The van der Waals surface area contributed by atoms with Gasteiger partial charge in [0.1, 0.15) is 6.04 Å². The van der Waals surface area contributed by atoms with Crippen molar-refractivity contribution in [1.29, 1.82) is 0 Å². The van der Waals surface area contributed by atoms with Crippen LogP contribution in [0.25, 0.3) is 0 Å².